The smallest absolute Gasteiger partial charge is 0.324 e. The fourth-order valence-electron chi connectivity index (χ4n) is 5.26. The van der Waals surface area contributed by atoms with Crippen LogP contribution in [0.1, 0.15) is 113 Å². The highest BCUT2D eigenvalue weighted by molar-refractivity contribution is 7.63. The zero-order chi connectivity index (χ0) is 31.3. The molecule has 0 aromatic heterocycles. The van der Waals surface area contributed by atoms with Gasteiger partial charge >= 0.3 is 15.4 Å². The monoisotopic (exact) mass is 613 g/mol. The zero-order valence-electron chi connectivity index (χ0n) is 26.8. The lowest BCUT2D eigenvalue weighted by Crippen LogP contribution is -2.24. The Morgan fingerprint density at radius 2 is 1.27 bits per heavy atom. The summed E-state index contributed by atoms with van der Waals surface area (Å²) in [6, 6.07) is 0.249. The first-order valence-electron chi connectivity index (χ1n) is 15.0. The Labute approximate surface area is 250 Å². The molecule has 1 fully saturated rings. The van der Waals surface area contributed by atoms with E-state index in [1.165, 1.54) is 27.9 Å². The summed E-state index contributed by atoms with van der Waals surface area (Å²) in [7, 11) is -9.34. The van der Waals surface area contributed by atoms with Crippen LogP contribution in [-0.2, 0) is 13.4 Å². The Bertz CT molecular complexity index is 1080. The molecule has 4 atom stereocenters. The number of phosphoric acid groups is 1. The van der Waals surface area contributed by atoms with Crippen LogP contribution < -0.4 is 5.32 Å². The molecule has 7 nitrogen and oxygen atoms in total. The van der Waals surface area contributed by atoms with Crippen molar-refractivity contribution in [3.05, 3.63) is 58.2 Å². The van der Waals surface area contributed by atoms with E-state index in [9.17, 15) is 14.0 Å². The summed E-state index contributed by atoms with van der Waals surface area (Å²) < 4.78 is 27.0. The molecule has 9 heteroatoms. The molecule has 4 N–H and O–H groups in total. The molecule has 0 spiro atoms. The lowest BCUT2D eigenvalue weighted by atomic mass is 9.96. The molecule has 0 saturated heterocycles. The standard InChI is InChI=1S/C32H57NO6P2/c1-25(2)14-9-16-27(5)18-11-19-29(7)24-30-31(33-22-13-23-40(34,35)39-41(36,37)38)32(30,8)21-12-20-28(6)17-10-15-26(3)4/h14-15,18,20,24,30-31,33H,9-13,16-17,19,21-23H2,1-8H3,(H,34,35)(H2,36,37,38)/b27-18+,28-20+,29-24+. The van der Waals surface area contributed by atoms with Crippen molar-refractivity contribution in [3.8, 4) is 0 Å². The van der Waals surface area contributed by atoms with Crippen LogP contribution >= 0.6 is 15.4 Å². The van der Waals surface area contributed by atoms with Gasteiger partial charge in [-0.15, -0.1) is 0 Å². The van der Waals surface area contributed by atoms with E-state index < -0.39 is 15.4 Å². The maximum Gasteiger partial charge on any atom is 0.476 e. The molecule has 1 aliphatic carbocycles. The molecule has 0 aromatic carbocycles. The van der Waals surface area contributed by atoms with E-state index >= 15 is 0 Å². The van der Waals surface area contributed by atoms with E-state index in [1.54, 1.807) is 0 Å². The molecule has 0 aromatic rings. The molecule has 0 radical (unpaired) electrons. The van der Waals surface area contributed by atoms with Gasteiger partial charge < -0.3 is 20.0 Å². The first-order chi connectivity index (χ1) is 18.9. The lowest BCUT2D eigenvalue weighted by molar-refractivity contribution is 0.263. The predicted molar refractivity (Wildman–Crippen MR) is 173 cm³/mol. The lowest BCUT2D eigenvalue weighted by Gasteiger charge is -2.14. The molecule has 1 saturated carbocycles. The maximum atomic E-state index is 12.0. The Balaban J connectivity index is 2.78. The van der Waals surface area contributed by atoms with Crippen molar-refractivity contribution in [2.75, 3.05) is 12.7 Å². The molecular formula is C32H57NO6P2. The molecule has 1 rings (SSSR count). The van der Waals surface area contributed by atoms with Crippen molar-refractivity contribution in [2.45, 2.75) is 119 Å². The molecular weight excluding hydrogens is 556 g/mol. The third-order valence-corrected chi connectivity index (χ3v) is 10.5. The van der Waals surface area contributed by atoms with Crippen LogP contribution in [0.25, 0.3) is 0 Å². The normalized spacial score (nSPS) is 23.2. The van der Waals surface area contributed by atoms with E-state index in [0.29, 0.717) is 12.5 Å². The third-order valence-electron chi connectivity index (χ3n) is 7.79. The second kappa shape index (κ2) is 17.9. The van der Waals surface area contributed by atoms with E-state index in [-0.39, 0.29) is 24.0 Å². The molecule has 0 heterocycles. The van der Waals surface area contributed by atoms with Crippen LogP contribution in [0.2, 0.25) is 0 Å². The number of hydrogen-bond acceptors (Lipinski definition) is 4. The minimum absolute atomic E-state index is 0.0827. The summed E-state index contributed by atoms with van der Waals surface area (Å²) >= 11 is 0. The third kappa shape index (κ3) is 17.0. The number of hydrogen-bond donors (Lipinski definition) is 4. The summed E-state index contributed by atoms with van der Waals surface area (Å²) in [6.07, 6.45) is 20.1. The summed E-state index contributed by atoms with van der Waals surface area (Å²) in [5, 5.41) is 3.56. The van der Waals surface area contributed by atoms with Crippen molar-refractivity contribution in [1.82, 2.24) is 5.32 Å². The van der Waals surface area contributed by atoms with E-state index in [0.717, 1.165) is 51.4 Å². The van der Waals surface area contributed by atoms with Crippen molar-refractivity contribution in [3.63, 3.8) is 0 Å². The topological polar surface area (TPSA) is 116 Å². The predicted octanol–water partition coefficient (Wildman–Crippen LogP) is 9.16. The van der Waals surface area contributed by atoms with Gasteiger partial charge in [0.1, 0.15) is 0 Å². The molecule has 1 aliphatic rings. The van der Waals surface area contributed by atoms with Gasteiger partial charge in [0.15, 0.2) is 0 Å². The molecule has 0 bridgehead atoms. The molecule has 0 amide bonds. The van der Waals surface area contributed by atoms with Crippen LogP contribution in [0.5, 0.6) is 0 Å². The Kier molecular flexibility index (Phi) is 16.6. The van der Waals surface area contributed by atoms with Crippen molar-refractivity contribution in [1.29, 1.82) is 0 Å². The van der Waals surface area contributed by atoms with Gasteiger partial charge in [0.05, 0.1) is 6.16 Å². The second-order valence-electron chi connectivity index (χ2n) is 12.6. The van der Waals surface area contributed by atoms with Gasteiger partial charge in [-0.1, -0.05) is 65.2 Å². The van der Waals surface area contributed by atoms with Crippen LogP contribution in [-0.4, -0.2) is 33.4 Å². The van der Waals surface area contributed by atoms with Gasteiger partial charge in [-0.25, -0.2) is 8.88 Å². The average molecular weight is 614 g/mol. The van der Waals surface area contributed by atoms with E-state index in [4.69, 9.17) is 9.79 Å². The van der Waals surface area contributed by atoms with E-state index in [2.05, 4.69) is 95.4 Å². The molecule has 0 aliphatic heterocycles. The SMILES string of the molecule is CC(C)=CCC/C(C)=C/CC/C(C)=C/C1C(NCCCP(=O)(O)OP(=O)(O)O)C1(C)CC/C=C(\C)CCC=C(C)C. The quantitative estimate of drug-likeness (QED) is 0.0615. The minimum atomic E-state index is -5.00. The Hall–Kier alpha value is -1.04. The van der Waals surface area contributed by atoms with Gasteiger partial charge in [0, 0.05) is 6.04 Å². The molecule has 41 heavy (non-hydrogen) atoms. The molecule has 4 unspecified atom stereocenters. The summed E-state index contributed by atoms with van der Waals surface area (Å²) in [6.45, 7) is 17.9. The van der Waals surface area contributed by atoms with Gasteiger partial charge in [0.25, 0.3) is 0 Å². The van der Waals surface area contributed by atoms with Crippen LogP contribution in [0.15, 0.2) is 58.2 Å². The van der Waals surface area contributed by atoms with Gasteiger partial charge in [-0.3, -0.25) is 4.57 Å². The first kappa shape index (κ1) is 38.0. The molecule has 236 valence electrons. The largest absolute Gasteiger partial charge is 0.476 e. The summed E-state index contributed by atoms with van der Waals surface area (Å²) in [4.78, 5) is 27.5. The zero-order valence-corrected chi connectivity index (χ0v) is 28.6. The van der Waals surface area contributed by atoms with Gasteiger partial charge in [-0.2, -0.15) is 0 Å². The summed E-state index contributed by atoms with van der Waals surface area (Å²) in [5.74, 6) is 0.372. The fraction of sp³-hybridized carbons (Fsp3) is 0.688. The van der Waals surface area contributed by atoms with Crippen LogP contribution in [0.3, 0.4) is 0 Å². The van der Waals surface area contributed by atoms with Crippen LogP contribution in [0.4, 0.5) is 0 Å². The van der Waals surface area contributed by atoms with Crippen molar-refractivity contribution in [2.24, 2.45) is 11.3 Å². The fourth-order valence-corrected chi connectivity index (χ4v) is 7.47. The highest BCUT2D eigenvalue weighted by atomic mass is 31.3. The average Bonchev–Trinajstić information content (AvgIpc) is 3.35. The Morgan fingerprint density at radius 1 is 0.780 bits per heavy atom. The van der Waals surface area contributed by atoms with Crippen LogP contribution in [0, 0.1) is 11.3 Å². The highest BCUT2D eigenvalue weighted by Gasteiger charge is 2.58. The maximum absolute atomic E-state index is 12.0. The minimum Gasteiger partial charge on any atom is -0.324 e. The van der Waals surface area contributed by atoms with Crippen molar-refractivity contribution >= 4 is 15.4 Å². The van der Waals surface area contributed by atoms with Crippen molar-refractivity contribution < 1.29 is 28.1 Å². The van der Waals surface area contributed by atoms with E-state index in [1.807, 2.05) is 0 Å². The first-order valence-corrected chi connectivity index (χ1v) is 18.3. The second-order valence-corrected chi connectivity index (χ2v) is 15.9. The highest BCUT2D eigenvalue weighted by Crippen LogP contribution is 2.58. The number of allylic oxidation sites excluding steroid dienone is 9. The van der Waals surface area contributed by atoms with Gasteiger partial charge in [-0.05, 0) is 124 Å². The number of nitrogens with one attached hydrogen (secondary N) is 1. The summed E-state index contributed by atoms with van der Waals surface area (Å²) in [5.41, 5.74) is 7.02. The number of rotatable bonds is 20. The Morgan fingerprint density at radius 3 is 1.78 bits per heavy atom. The van der Waals surface area contributed by atoms with Gasteiger partial charge in [0.2, 0.25) is 0 Å².